The van der Waals surface area contributed by atoms with E-state index >= 15 is 0 Å². The van der Waals surface area contributed by atoms with E-state index in [9.17, 15) is 9.59 Å². The molecule has 0 saturated carbocycles. The number of nitrogens with one attached hydrogen (secondary N) is 2. The minimum Gasteiger partial charge on any atom is -0.308 e. The lowest BCUT2D eigenvalue weighted by molar-refractivity contribution is 0.262. The molecule has 4 rings (SSSR count). The van der Waals surface area contributed by atoms with E-state index in [1.807, 2.05) is 36.4 Å². The molecule has 0 saturated heterocycles. The van der Waals surface area contributed by atoms with Gasteiger partial charge in [0.1, 0.15) is 5.69 Å². The molecule has 4 aromatic rings. The molecule has 0 spiro atoms. The summed E-state index contributed by atoms with van der Waals surface area (Å²) in [4.78, 5) is 29.2. The predicted molar refractivity (Wildman–Crippen MR) is 125 cm³/mol. The highest BCUT2D eigenvalue weighted by Crippen LogP contribution is 2.25. The van der Waals surface area contributed by atoms with E-state index < -0.39 is 6.03 Å². The van der Waals surface area contributed by atoms with Gasteiger partial charge in [0.2, 0.25) is 0 Å². The van der Waals surface area contributed by atoms with Crippen LogP contribution in [0.4, 0.5) is 16.2 Å². The van der Waals surface area contributed by atoms with Crippen molar-refractivity contribution in [2.24, 2.45) is 0 Å². The van der Waals surface area contributed by atoms with E-state index in [-0.39, 0.29) is 5.56 Å². The summed E-state index contributed by atoms with van der Waals surface area (Å²) in [5.41, 5.74) is 3.96. The molecule has 0 unspecified atom stereocenters. The van der Waals surface area contributed by atoms with E-state index in [1.165, 1.54) is 0 Å². The van der Waals surface area contributed by atoms with Gasteiger partial charge in [0.25, 0.3) is 5.56 Å². The zero-order valence-corrected chi connectivity index (χ0v) is 18.0. The number of anilines is 2. The second-order valence-corrected chi connectivity index (χ2v) is 7.80. The van der Waals surface area contributed by atoms with Crippen molar-refractivity contribution in [1.29, 1.82) is 0 Å². The van der Waals surface area contributed by atoms with Crippen LogP contribution < -0.4 is 16.2 Å². The number of aromatic nitrogens is 2. The van der Waals surface area contributed by atoms with Crippen LogP contribution in [0.15, 0.2) is 71.5 Å². The summed E-state index contributed by atoms with van der Waals surface area (Å²) >= 11 is 11.9. The molecule has 0 aliphatic rings. The highest BCUT2D eigenvalue weighted by Gasteiger charge is 2.09. The van der Waals surface area contributed by atoms with Gasteiger partial charge in [-0.2, -0.15) is 0 Å². The van der Waals surface area contributed by atoms with Crippen molar-refractivity contribution in [3.8, 4) is 0 Å². The van der Waals surface area contributed by atoms with Gasteiger partial charge in [-0.15, -0.1) is 0 Å². The average molecular weight is 453 g/mol. The smallest absolute Gasteiger partial charge is 0.308 e. The van der Waals surface area contributed by atoms with Gasteiger partial charge in [0, 0.05) is 11.4 Å². The Hall–Kier alpha value is -3.35. The Labute approximate surface area is 188 Å². The van der Waals surface area contributed by atoms with E-state index in [2.05, 4.69) is 15.6 Å². The van der Waals surface area contributed by atoms with Gasteiger partial charge in [0.15, 0.2) is 0 Å². The summed E-state index contributed by atoms with van der Waals surface area (Å²) in [5, 5.41) is 6.24. The standard InChI is InChI=1S/C23H18Cl2N4O2/c1-14-22(30)29(21-5-3-2-4-20(21)26-14)13-15-6-8-16(9-7-15)27-23(31)28-17-10-11-18(24)19(25)12-17/h2-12H,13H2,1H3,(H2,27,28,31). The molecule has 156 valence electrons. The number of carbonyl (C=O) groups excluding carboxylic acids is 1. The lowest BCUT2D eigenvalue weighted by atomic mass is 10.2. The number of halogens is 2. The largest absolute Gasteiger partial charge is 0.323 e. The number of hydrogen-bond donors (Lipinski definition) is 2. The third-order valence-corrected chi connectivity index (χ3v) is 5.48. The van der Waals surface area contributed by atoms with Crippen molar-refractivity contribution in [2.45, 2.75) is 13.5 Å². The van der Waals surface area contributed by atoms with Crippen LogP contribution in [0.3, 0.4) is 0 Å². The summed E-state index contributed by atoms with van der Waals surface area (Å²) < 4.78 is 1.71. The fourth-order valence-corrected chi connectivity index (χ4v) is 3.52. The topological polar surface area (TPSA) is 76.0 Å². The van der Waals surface area contributed by atoms with Gasteiger partial charge in [-0.05, 0) is 55.0 Å². The quantitative estimate of drug-likeness (QED) is 0.416. The number of para-hydroxylation sites is 2. The van der Waals surface area contributed by atoms with Crippen molar-refractivity contribution in [2.75, 3.05) is 10.6 Å². The van der Waals surface area contributed by atoms with Gasteiger partial charge < -0.3 is 15.2 Å². The maximum atomic E-state index is 12.6. The van der Waals surface area contributed by atoms with Crippen LogP contribution in [0.25, 0.3) is 11.0 Å². The summed E-state index contributed by atoms with van der Waals surface area (Å²) in [7, 11) is 0. The fraction of sp³-hybridized carbons (Fsp3) is 0.0870. The van der Waals surface area contributed by atoms with Crippen molar-refractivity contribution in [1.82, 2.24) is 9.55 Å². The number of amides is 2. The van der Waals surface area contributed by atoms with Gasteiger partial charge >= 0.3 is 6.03 Å². The Morgan fingerprint density at radius 3 is 2.35 bits per heavy atom. The molecule has 1 heterocycles. The van der Waals surface area contributed by atoms with Gasteiger partial charge in [-0.3, -0.25) is 4.79 Å². The van der Waals surface area contributed by atoms with E-state index in [0.717, 1.165) is 16.6 Å². The molecular formula is C23H18Cl2N4O2. The number of aryl methyl sites for hydroxylation is 1. The average Bonchev–Trinajstić information content (AvgIpc) is 2.75. The van der Waals surface area contributed by atoms with Crippen LogP contribution in [-0.2, 0) is 6.54 Å². The minimum absolute atomic E-state index is 0.123. The molecule has 0 aliphatic heterocycles. The predicted octanol–water partition coefficient (Wildman–Crippen LogP) is 5.70. The lowest BCUT2D eigenvalue weighted by Gasteiger charge is -2.12. The Morgan fingerprint density at radius 1 is 0.935 bits per heavy atom. The molecule has 0 atom stereocenters. The highest BCUT2D eigenvalue weighted by molar-refractivity contribution is 6.42. The normalized spacial score (nSPS) is 10.8. The highest BCUT2D eigenvalue weighted by atomic mass is 35.5. The summed E-state index contributed by atoms with van der Waals surface area (Å²) in [6.45, 7) is 2.11. The van der Waals surface area contributed by atoms with Gasteiger partial charge in [-0.1, -0.05) is 47.5 Å². The molecule has 0 aliphatic carbocycles. The molecule has 31 heavy (non-hydrogen) atoms. The Balaban J connectivity index is 1.48. The first-order valence-electron chi connectivity index (χ1n) is 9.49. The van der Waals surface area contributed by atoms with Crippen LogP contribution in [0.2, 0.25) is 10.0 Å². The Morgan fingerprint density at radius 2 is 1.61 bits per heavy atom. The zero-order chi connectivity index (χ0) is 22.0. The number of nitrogens with zero attached hydrogens (tertiary/aromatic N) is 2. The number of benzene rings is 3. The molecule has 3 aromatic carbocycles. The molecule has 2 amide bonds. The lowest BCUT2D eigenvalue weighted by Crippen LogP contribution is -2.24. The monoisotopic (exact) mass is 452 g/mol. The first kappa shape index (κ1) is 20.9. The number of rotatable bonds is 4. The van der Waals surface area contributed by atoms with Crippen LogP contribution in [0, 0.1) is 6.92 Å². The van der Waals surface area contributed by atoms with Crippen LogP contribution in [-0.4, -0.2) is 15.6 Å². The van der Waals surface area contributed by atoms with E-state index in [1.54, 1.807) is 41.8 Å². The minimum atomic E-state index is -0.405. The fourth-order valence-electron chi connectivity index (χ4n) is 3.22. The van der Waals surface area contributed by atoms with E-state index in [4.69, 9.17) is 23.2 Å². The molecular weight excluding hydrogens is 435 g/mol. The summed E-state index contributed by atoms with van der Waals surface area (Å²) in [6, 6.07) is 19.3. The number of hydrogen-bond acceptors (Lipinski definition) is 3. The van der Waals surface area contributed by atoms with Crippen molar-refractivity contribution < 1.29 is 4.79 Å². The SMILES string of the molecule is Cc1nc2ccccc2n(Cc2ccc(NC(=O)Nc3ccc(Cl)c(Cl)c3)cc2)c1=O. The number of urea groups is 1. The van der Waals surface area contributed by atoms with Gasteiger partial charge in [0.05, 0.1) is 27.6 Å². The second kappa shape index (κ2) is 8.79. The second-order valence-electron chi connectivity index (χ2n) is 6.98. The maximum absolute atomic E-state index is 12.6. The molecule has 0 radical (unpaired) electrons. The van der Waals surface area contributed by atoms with Crippen molar-refractivity contribution in [3.63, 3.8) is 0 Å². The zero-order valence-electron chi connectivity index (χ0n) is 16.5. The molecule has 2 N–H and O–H groups in total. The van der Waals surface area contributed by atoms with Crippen LogP contribution >= 0.6 is 23.2 Å². The number of carbonyl (C=O) groups is 1. The molecule has 0 bridgehead atoms. The third kappa shape index (κ3) is 4.71. The third-order valence-electron chi connectivity index (χ3n) is 4.75. The Bertz CT molecular complexity index is 1330. The first-order valence-corrected chi connectivity index (χ1v) is 10.2. The van der Waals surface area contributed by atoms with Crippen LogP contribution in [0.5, 0.6) is 0 Å². The molecule has 8 heteroatoms. The van der Waals surface area contributed by atoms with Crippen molar-refractivity contribution >= 4 is 51.6 Å². The van der Waals surface area contributed by atoms with Crippen LogP contribution in [0.1, 0.15) is 11.3 Å². The molecule has 1 aromatic heterocycles. The maximum Gasteiger partial charge on any atom is 0.323 e. The molecule has 0 fully saturated rings. The summed E-state index contributed by atoms with van der Waals surface area (Å²) in [5.74, 6) is 0. The molecule has 6 nitrogen and oxygen atoms in total. The van der Waals surface area contributed by atoms with Gasteiger partial charge in [-0.25, -0.2) is 9.78 Å². The number of fused-ring (bicyclic) bond motifs is 1. The summed E-state index contributed by atoms with van der Waals surface area (Å²) in [6.07, 6.45) is 0. The van der Waals surface area contributed by atoms with Crippen molar-refractivity contribution in [3.05, 3.63) is 98.4 Å². The first-order chi connectivity index (χ1) is 14.9. The Kier molecular flexibility index (Phi) is 5.93. The van der Waals surface area contributed by atoms with E-state index in [0.29, 0.717) is 33.7 Å².